The van der Waals surface area contributed by atoms with E-state index in [1.165, 1.54) is 0 Å². The number of fused-ring (bicyclic) bond motifs is 1. The minimum Gasteiger partial charge on any atom is -0.496 e. The van der Waals surface area contributed by atoms with Gasteiger partial charge in [-0.1, -0.05) is 36.4 Å². The number of benzene rings is 3. The molecule has 3 aromatic carbocycles. The van der Waals surface area contributed by atoms with Crippen molar-refractivity contribution in [2.45, 2.75) is 25.2 Å². The fourth-order valence-corrected chi connectivity index (χ4v) is 3.96. The van der Waals surface area contributed by atoms with Crippen LogP contribution < -0.4 is 23.7 Å². The fraction of sp³-hybridized carbons (Fsp3) is 0.308. The van der Waals surface area contributed by atoms with Crippen LogP contribution in [0.1, 0.15) is 22.8 Å². The van der Waals surface area contributed by atoms with Crippen LogP contribution in [0.15, 0.2) is 60.7 Å². The van der Waals surface area contributed by atoms with Crippen LogP contribution in [-0.2, 0) is 17.8 Å². The van der Waals surface area contributed by atoms with Gasteiger partial charge in [-0.3, -0.25) is 0 Å². The van der Waals surface area contributed by atoms with Gasteiger partial charge in [-0.05, 0) is 23.3 Å². The van der Waals surface area contributed by atoms with E-state index in [2.05, 4.69) is 12.1 Å². The van der Waals surface area contributed by atoms with Crippen LogP contribution in [0, 0.1) is 0 Å². The van der Waals surface area contributed by atoms with Crippen LogP contribution >= 0.6 is 0 Å². The zero-order chi connectivity index (χ0) is 22.5. The van der Waals surface area contributed by atoms with E-state index in [9.17, 15) is 0 Å². The molecule has 0 aromatic heterocycles. The first kappa shape index (κ1) is 21.8. The van der Waals surface area contributed by atoms with Crippen LogP contribution in [0.5, 0.6) is 28.7 Å². The van der Waals surface area contributed by atoms with Gasteiger partial charge in [0.25, 0.3) is 0 Å². The molecule has 0 saturated heterocycles. The topological polar surface area (TPSA) is 55.4 Å². The summed E-state index contributed by atoms with van der Waals surface area (Å²) in [7, 11) is 6.52. The fourth-order valence-electron chi connectivity index (χ4n) is 3.96. The highest BCUT2D eigenvalue weighted by Crippen LogP contribution is 2.44. The lowest BCUT2D eigenvalue weighted by Gasteiger charge is -2.35. The Hall–Kier alpha value is -3.38. The minimum absolute atomic E-state index is 0.233. The summed E-state index contributed by atoms with van der Waals surface area (Å²) in [6.45, 7) is 0.479. The molecule has 3 aromatic rings. The molecule has 4 rings (SSSR count). The second-order valence-corrected chi connectivity index (χ2v) is 7.50. The standard InChI is InChI=1S/C26H28O6/c1-27-19-13-22(29-3)20-15-25(31-16-17-8-6-5-7-9-17)26(32-23(20)14-19)18-10-11-21(28-2)24(12-18)30-4/h5-14,25-26H,15-16H2,1-4H3. The number of rotatable bonds is 8. The molecule has 32 heavy (non-hydrogen) atoms. The molecular formula is C26H28O6. The van der Waals surface area contributed by atoms with Crippen molar-refractivity contribution in [3.63, 3.8) is 0 Å². The van der Waals surface area contributed by atoms with E-state index >= 15 is 0 Å². The van der Waals surface area contributed by atoms with Crippen molar-refractivity contribution in [3.05, 3.63) is 77.4 Å². The third kappa shape index (κ3) is 4.46. The van der Waals surface area contributed by atoms with Crippen LogP contribution in [0.25, 0.3) is 0 Å². The maximum atomic E-state index is 6.50. The normalized spacial score (nSPS) is 17.1. The van der Waals surface area contributed by atoms with Crippen LogP contribution in [-0.4, -0.2) is 34.5 Å². The van der Waals surface area contributed by atoms with Crippen LogP contribution in [0.4, 0.5) is 0 Å². The summed E-state index contributed by atoms with van der Waals surface area (Å²) in [6, 6.07) is 19.7. The molecule has 0 radical (unpaired) electrons. The smallest absolute Gasteiger partial charge is 0.161 e. The van der Waals surface area contributed by atoms with Gasteiger partial charge < -0.3 is 28.4 Å². The molecule has 168 valence electrons. The van der Waals surface area contributed by atoms with Crippen LogP contribution in [0.3, 0.4) is 0 Å². The van der Waals surface area contributed by atoms with Gasteiger partial charge in [0, 0.05) is 24.1 Å². The van der Waals surface area contributed by atoms with Gasteiger partial charge >= 0.3 is 0 Å². The monoisotopic (exact) mass is 436 g/mol. The van der Waals surface area contributed by atoms with E-state index < -0.39 is 0 Å². The summed E-state index contributed by atoms with van der Waals surface area (Å²) >= 11 is 0. The van der Waals surface area contributed by atoms with Gasteiger partial charge in [0.2, 0.25) is 0 Å². The average Bonchev–Trinajstić information content (AvgIpc) is 2.86. The first-order chi connectivity index (χ1) is 15.7. The highest BCUT2D eigenvalue weighted by Gasteiger charge is 2.35. The van der Waals surface area contributed by atoms with Crippen LogP contribution in [0.2, 0.25) is 0 Å². The van der Waals surface area contributed by atoms with Crippen molar-refractivity contribution in [2.75, 3.05) is 28.4 Å². The minimum atomic E-state index is -0.345. The van der Waals surface area contributed by atoms with Crippen molar-refractivity contribution < 1.29 is 28.4 Å². The molecule has 0 amide bonds. The van der Waals surface area contributed by atoms with E-state index in [4.69, 9.17) is 28.4 Å². The molecule has 0 fully saturated rings. The predicted octanol–water partition coefficient (Wildman–Crippen LogP) is 4.98. The van der Waals surface area contributed by atoms with E-state index in [-0.39, 0.29) is 12.2 Å². The number of methoxy groups -OCH3 is 4. The molecular weight excluding hydrogens is 408 g/mol. The SMILES string of the molecule is COc1cc(OC)c2c(c1)OC(c1ccc(OC)c(OC)c1)C(OCc1ccccc1)C2. The number of ether oxygens (including phenoxy) is 6. The summed E-state index contributed by atoms with van der Waals surface area (Å²) in [5, 5.41) is 0. The van der Waals surface area contributed by atoms with Gasteiger partial charge in [-0.2, -0.15) is 0 Å². The molecule has 1 heterocycles. The highest BCUT2D eigenvalue weighted by atomic mass is 16.5. The lowest BCUT2D eigenvalue weighted by atomic mass is 9.93. The van der Waals surface area contributed by atoms with Crippen molar-refractivity contribution >= 4 is 0 Å². The maximum Gasteiger partial charge on any atom is 0.161 e. The molecule has 0 N–H and O–H groups in total. The second kappa shape index (κ2) is 9.83. The first-order valence-electron chi connectivity index (χ1n) is 10.5. The quantitative estimate of drug-likeness (QED) is 0.496. The van der Waals surface area contributed by atoms with Gasteiger partial charge in [0.15, 0.2) is 17.6 Å². The summed E-state index contributed by atoms with van der Waals surface area (Å²) in [5.74, 6) is 3.43. The molecule has 2 atom stereocenters. The zero-order valence-corrected chi connectivity index (χ0v) is 18.8. The Balaban J connectivity index is 1.71. The Morgan fingerprint density at radius 1 is 0.781 bits per heavy atom. The Bertz CT molecular complexity index is 1050. The van der Waals surface area contributed by atoms with E-state index in [0.29, 0.717) is 30.3 Å². The van der Waals surface area contributed by atoms with Crippen molar-refractivity contribution in [1.29, 1.82) is 0 Å². The van der Waals surface area contributed by atoms with Gasteiger partial charge in [0.05, 0.1) is 35.0 Å². The summed E-state index contributed by atoms with van der Waals surface area (Å²) in [6.07, 6.45) is 0.0554. The summed E-state index contributed by atoms with van der Waals surface area (Å²) in [4.78, 5) is 0. The first-order valence-corrected chi connectivity index (χ1v) is 10.5. The largest absolute Gasteiger partial charge is 0.496 e. The Kier molecular flexibility index (Phi) is 6.71. The molecule has 0 spiro atoms. The van der Waals surface area contributed by atoms with E-state index in [1.54, 1.807) is 28.4 Å². The van der Waals surface area contributed by atoms with Crippen molar-refractivity contribution in [1.82, 2.24) is 0 Å². The average molecular weight is 437 g/mol. The number of hydrogen-bond donors (Lipinski definition) is 0. The summed E-state index contributed by atoms with van der Waals surface area (Å²) < 4.78 is 34.9. The third-order valence-corrected chi connectivity index (χ3v) is 5.64. The predicted molar refractivity (Wildman–Crippen MR) is 121 cm³/mol. The van der Waals surface area contributed by atoms with Gasteiger partial charge in [-0.15, -0.1) is 0 Å². The number of hydrogen-bond acceptors (Lipinski definition) is 6. The Morgan fingerprint density at radius 2 is 1.53 bits per heavy atom. The van der Waals surface area contributed by atoms with Crippen molar-refractivity contribution in [3.8, 4) is 28.7 Å². The zero-order valence-electron chi connectivity index (χ0n) is 18.8. The molecule has 0 bridgehead atoms. The summed E-state index contributed by atoms with van der Waals surface area (Å²) in [5.41, 5.74) is 3.00. The molecule has 6 nitrogen and oxygen atoms in total. The Labute approximate surface area is 188 Å². The highest BCUT2D eigenvalue weighted by molar-refractivity contribution is 5.53. The van der Waals surface area contributed by atoms with E-state index in [0.717, 1.165) is 28.2 Å². The maximum absolute atomic E-state index is 6.50. The molecule has 0 aliphatic carbocycles. The van der Waals surface area contributed by atoms with Gasteiger partial charge in [-0.25, -0.2) is 0 Å². The van der Waals surface area contributed by atoms with E-state index in [1.807, 2.05) is 48.5 Å². The molecule has 1 aliphatic heterocycles. The second-order valence-electron chi connectivity index (χ2n) is 7.50. The lowest BCUT2D eigenvalue weighted by Crippen LogP contribution is -2.33. The van der Waals surface area contributed by atoms with Gasteiger partial charge in [0.1, 0.15) is 23.4 Å². The Morgan fingerprint density at radius 3 is 2.22 bits per heavy atom. The van der Waals surface area contributed by atoms with Crippen molar-refractivity contribution in [2.24, 2.45) is 0 Å². The molecule has 2 unspecified atom stereocenters. The lowest BCUT2D eigenvalue weighted by molar-refractivity contribution is -0.0466. The molecule has 6 heteroatoms. The molecule has 0 saturated carbocycles. The third-order valence-electron chi connectivity index (χ3n) is 5.64. The molecule has 1 aliphatic rings.